The molecule has 0 atom stereocenters. The van der Waals surface area contributed by atoms with Crippen molar-refractivity contribution in [2.24, 2.45) is 5.92 Å². The topological polar surface area (TPSA) is 142 Å². The van der Waals surface area contributed by atoms with Crippen molar-refractivity contribution in [3.63, 3.8) is 0 Å². The van der Waals surface area contributed by atoms with E-state index >= 15 is 0 Å². The number of rotatable bonds is 9. The minimum atomic E-state index is -3.62. The standard InChI is InChI=1S/C27H35FN2O4S.C2H2O4/c1-34-25-11-13-26(14-12-25)35(32,33)30(24-5-3-2-4-6-24)20-19-29-17-15-22(16-18-29)27(31)21-7-9-23(28)10-8-21;3-1(4)2(5)6/h7-14,22,24H,2-6,15-20H2,1H3;(H,3,4)(H,5,6). The highest BCUT2D eigenvalue weighted by atomic mass is 32.2. The number of carboxylic acids is 2. The molecular formula is C29H37FN2O8S. The number of carbonyl (C=O) groups excluding carboxylic acids is 1. The second-order valence-electron chi connectivity index (χ2n) is 10.2. The van der Waals surface area contributed by atoms with E-state index < -0.39 is 22.0 Å². The summed E-state index contributed by atoms with van der Waals surface area (Å²) in [6, 6.07) is 12.4. The monoisotopic (exact) mass is 592 g/mol. The summed E-state index contributed by atoms with van der Waals surface area (Å²) >= 11 is 0. The van der Waals surface area contributed by atoms with Crippen molar-refractivity contribution in [2.45, 2.75) is 55.9 Å². The lowest BCUT2D eigenvalue weighted by Gasteiger charge is -2.36. The van der Waals surface area contributed by atoms with Crippen LogP contribution in [0.5, 0.6) is 5.75 Å². The smallest absolute Gasteiger partial charge is 0.414 e. The van der Waals surface area contributed by atoms with Gasteiger partial charge >= 0.3 is 11.9 Å². The van der Waals surface area contributed by atoms with Gasteiger partial charge in [-0.25, -0.2) is 22.4 Å². The molecule has 224 valence electrons. The fourth-order valence-electron chi connectivity index (χ4n) is 5.26. The van der Waals surface area contributed by atoms with Crippen molar-refractivity contribution in [3.8, 4) is 5.75 Å². The molecule has 1 heterocycles. The molecule has 1 saturated heterocycles. The lowest BCUT2D eigenvalue weighted by molar-refractivity contribution is -0.159. The summed E-state index contributed by atoms with van der Waals surface area (Å²) in [5.74, 6) is -3.37. The van der Waals surface area contributed by atoms with E-state index in [-0.39, 0.29) is 23.6 Å². The van der Waals surface area contributed by atoms with Crippen LogP contribution in [0.4, 0.5) is 4.39 Å². The zero-order valence-corrected chi connectivity index (χ0v) is 23.9. The molecule has 1 aliphatic carbocycles. The van der Waals surface area contributed by atoms with E-state index in [2.05, 4.69) is 4.90 Å². The SMILES string of the molecule is COc1ccc(S(=O)(=O)N(CCN2CCC(C(=O)c3ccc(F)cc3)CC2)C2CCCCC2)cc1.O=C(O)C(=O)O. The Hall–Kier alpha value is -3.35. The number of ether oxygens (including phenoxy) is 1. The summed E-state index contributed by atoms with van der Waals surface area (Å²) in [6.45, 7) is 2.58. The van der Waals surface area contributed by atoms with Crippen molar-refractivity contribution < 1.29 is 42.1 Å². The van der Waals surface area contributed by atoms with E-state index in [1.807, 2.05) is 0 Å². The van der Waals surface area contributed by atoms with Crippen LogP contribution in [0.15, 0.2) is 53.4 Å². The van der Waals surface area contributed by atoms with Crippen molar-refractivity contribution in [1.29, 1.82) is 0 Å². The molecule has 1 aliphatic heterocycles. The number of Topliss-reactive ketones (excluding diaryl/α,β-unsaturated/α-hetero) is 1. The van der Waals surface area contributed by atoms with Crippen LogP contribution in [0.1, 0.15) is 55.3 Å². The van der Waals surface area contributed by atoms with Gasteiger partial charge in [0.05, 0.1) is 12.0 Å². The molecule has 0 amide bonds. The van der Waals surface area contributed by atoms with Crippen LogP contribution in [0.25, 0.3) is 0 Å². The normalized spacial score (nSPS) is 17.0. The van der Waals surface area contributed by atoms with Crippen molar-refractivity contribution >= 4 is 27.7 Å². The molecule has 0 unspecified atom stereocenters. The average Bonchev–Trinajstić information content (AvgIpc) is 2.98. The summed E-state index contributed by atoms with van der Waals surface area (Å²) in [7, 11) is -2.06. The van der Waals surface area contributed by atoms with Gasteiger partial charge in [-0.2, -0.15) is 4.31 Å². The van der Waals surface area contributed by atoms with Gasteiger partial charge in [0.2, 0.25) is 10.0 Å². The molecule has 12 heteroatoms. The van der Waals surface area contributed by atoms with Gasteiger partial charge < -0.3 is 19.8 Å². The predicted molar refractivity (Wildman–Crippen MR) is 149 cm³/mol. The lowest BCUT2D eigenvalue weighted by Crippen LogP contribution is -2.47. The maximum Gasteiger partial charge on any atom is 0.414 e. The molecule has 0 radical (unpaired) electrons. The minimum Gasteiger partial charge on any atom is -0.497 e. The Labute approximate surface area is 239 Å². The Bertz CT molecular complexity index is 1260. The average molecular weight is 593 g/mol. The molecular weight excluding hydrogens is 555 g/mol. The lowest BCUT2D eigenvalue weighted by atomic mass is 9.89. The van der Waals surface area contributed by atoms with Gasteiger partial charge in [0, 0.05) is 30.6 Å². The number of halogens is 1. The fraction of sp³-hybridized carbons (Fsp3) is 0.483. The maximum absolute atomic E-state index is 13.6. The number of benzene rings is 2. The van der Waals surface area contributed by atoms with Gasteiger partial charge in [0.15, 0.2) is 5.78 Å². The first-order valence-electron chi connectivity index (χ1n) is 13.7. The molecule has 2 aromatic carbocycles. The number of hydrogen-bond acceptors (Lipinski definition) is 7. The molecule has 0 aromatic heterocycles. The number of nitrogens with zero attached hydrogens (tertiary/aromatic N) is 2. The molecule has 2 fully saturated rings. The maximum atomic E-state index is 13.6. The van der Waals surface area contributed by atoms with E-state index in [1.54, 1.807) is 47.8 Å². The number of carbonyl (C=O) groups is 3. The van der Waals surface area contributed by atoms with Crippen LogP contribution >= 0.6 is 0 Å². The quantitative estimate of drug-likeness (QED) is 0.327. The molecule has 0 bridgehead atoms. The first-order chi connectivity index (χ1) is 19.5. The third kappa shape index (κ3) is 9.07. The summed E-state index contributed by atoms with van der Waals surface area (Å²) in [5.41, 5.74) is 0.555. The first kappa shape index (κ1) is 32.2. The summed E-state index contributed by atoms with van der Waals surface area (Å²) in [5, 5.41) is 14.8. The number of hydrogen-bond donors (Lipinski definition) is 2. The molecule has 0 spiro atoms. The van der Waals surface area contributed by atoms with Gasteiger partial charge in [-0.05, 0) is 87.3 Å². The number of likely N-dealkylation sites (tertiary alicyclic amines) is 1. The first-order valence-corrected chi connectivity index (χ1v) is 15.1. The Morgan fingerprint density at radius 3 is 1.98 bits per heavy atom. The summed E-state index contributed by atoms with van der Waals surface area (Å²) < 4.78 is 47.3. The molecule has 2 aliphatic rings. The number of carboxylic acid groups (broad SMARTS) is 2. The minimum absolute atomic E-state index is 0.0217. The van der Waals surface area contributed by atoms with Crippen molar-refractivity contribution in [1.82, 2.24) is 9.21 Å². The predicted octanol–water partition coefficient (Wildman–Crippen LogP) is 3.91. The molecule has 41 heavy (non-hydrogen) atoms. The number of ketones is 1. The molecule has 10 nitrogen and oxygen atoms in total. The highest BCUT2D eigenvalue weighted by Crippen LogP contribution is 2.29. The van der Waals surface area contributed by atoms with Crippen LogP contribution in [0.3, 0.4) is 0 Å². The number of aliphatic carboxylic acids is 2. The molecule has 1 saturated carbocycles. The van der Waals surface area contributed by atoms with Gasteiger partial charge in [-0.1, -0.05) is 19.3 Å². The van der Waals surface area contributed by atoms with E-state index in [1.165, 1.54) is 12.1 Å². The van der Waals surface area contributed by atoms with Crippen LogP contribution < -0.4 is 4.74 Å². The van der Waals surface area contributed by atoms with Gasteiger partial charge in [-0.3, -0.25) is 4.79 Å². The van der Waals surface area contributed by atoms with Gasteiger partial charge in [-0.15, -0.1) is 0 Å². The van der Waals surface area contributed by atoms with Crippen molar-refractivity contribution in [2.75, 3.05) is 33.3 Å². The number of piperidine rings is 1. The Kier molecular flexibility index (Phi) is 11.8. The molecule has 2 aromatic rings. The molecule has 2 N–H and O–H groups in total. The fourth-order valence-corrected chi connectivity index (χ4v) is 6.94. The van der Waals surface area contributed by atoms with E-state index in [4.69, 9.17) is 24.5 Å². The summed E-state index contributed by atoms with van der Waals surface area (Å²) in [4.78, 5) is 33.5. The van der Waals surface area contributed by atoms with Crippen LogP contribution in [-0.2, 0) is 19.6 Å². The molecule has 4 rings (SSSR count). The Balaban J connectivity index is 0.000000696. The third-order valence-corrected chi connectivity index (χ3v) is 9.52. The summed E-state index contributed by atoms with van der Waals surface area (Å²) in [6.07, 6.45) is 6.50. The van der Waals surface area contributed by atoms with Crippen LogP contribution in [0.2, 0.25) is 0 Å². The van der Waals surface area contributed by atoms with E-state index in [9.17, 15) is 17.6 Å². The number of methoxy groups -OCH3 is 1. The Morgan fingerprint density at radius 1 is 0.902 bits per heavy atom. The highest BCUT2D eigenvalue weighted by molar-refractivity contribution is 7.89. The van der Waals surface area contributed by atoms with Gasteiger partial charge in [0.25, 0.3) is 0 Å². The van der Waals surface area contributed by atoms with Crippen molar-refractivity contribution in [3.05, 3.63) is 59.9 Å². The van der Waals surface area contributed by atoms with Gasteiger partial charge in [0.1, 0.15) is 11.6 Å². The second kappa shape index (κ2) is 15.0. The zero-order valence-electron chi connectivity index (χ0n) is 23.1. The van der Waals surface area contributed by atoms with Crippen LogP contribution in [0, 0.1) is 11.7 Å². The largest absolute Gasteiger partial charge is 0.497 e. The van der Waals surface area contributed by atoms with E-state index in [0.29, 0.717) is 29.3 Å². The Morgan fingerprint density at radius 2 is 1.46 bits per heavy atom. The second-order valence-corrected chi connectivity index (χ2v) is 12.1. The number of sulfonamides is 1. The third-order valence-electron chi connectivity index (χ3n) is 7.55. The van der Waals surface area contributed by atoms with Crippen LogP contribution in [-0.4, -0.2) is 84.9 Å². The highest BCUT2D eigenvalue weighted by Gasteiger charge is 2.33. The van der Waals surface area contributed by atoms with E-state index in [0.717, 1.165) is 58.0 Å². The zero-order chi connectivity index (χ0) is 30.0.